The van der Waals surface area contributed by atoms with Crippen molar-refractivity contribution in [3.8, 4) is 5.75 Å². The highest BCUT2D eigenvalue weighted by atomic mass is 16.5. The number of aliphatic hydroxyl groups is 1. The molecule has 0 heterocycles. The quantitative estimate of drug-likeness (QED) is 0.835. The van der Waals surface area contributed by atoms with Crippen molar-refractivity contribution in [1.82, 2.24) is 0 Å². The van der Waals surface area contributed by atoms with Crippen molar-refractivity contribution in [3.63, 3.8) is 0 Å². The van der Waals surface area contributed by atoms with Crippen LogP contribution in [0.15, 0.2) is 36.4 Å². The lowest BCUT2D eigenvalue weighted by Crippen LogP contribution is -2.05. The van der Waals surface area contributed by atoms with Crippen LogP contribution in [0.3, 0.4) is 0 Å². The molecule has 2 nitrogen and oxygen atoms in total. The average Bonchev–Trinajstić information content (AvgIpc) is 2.53. The van der Waals surface area contributed by atoms with Gasteiger partial charge in [-0.25, -0.2) is 0 Å². The zero-order valence-electron chi connectivity index (χ0n) is 14.0. The van der Waals surface area contributed by atoms with Gasteiger partial charge in [0.25, 0.3) is 0 Å². The molecule has 2 heteroatoms. The largest absolute Gasteiger partial charge is 0.494 e. The second-order valence-corrected chi connectivity index (χ2v) is 5.73. The summed E-state index contributed by atoms with van der Waals surface area (Å²) in [4.78, 5) is 0. The number of aryl methyl sites for hydroxylation is 1. The van der Waals surface area contributed by atoms with Gasteiger partial charge in [-0.15, -0.1) is 0 Å². The molecule has 0 fully saturated rings. The second-order valence-electron chi connectivity index (χ2n) is 5.73. The summed E-state index contributed by atoms with van der Waals surface area (Å²) in [6.45, 7) is 8.90. The third kappa shape index (κ3) is 3.50. The molecule has 0 aliphatic heterocycles. The number of aliphatic hydroxyl groups excluding tert-OH is 1. The normalized spacial score (nSPS) is 12.2. The summed E-state index contributed by atoms with van der Waals surface area (Å²) in [5, 5.41) is 10.7. The van der Waals surface area contributed by atoms with Crippen molar-refractivity contribution in [3.05, 3.63) is 64.2 Å². The summed E-state index contributed by atoms with van der Waals surface area (Å²) in [5.41, 5.74) is 5.39. The van der Waals surface area contributed by atoms with E-state index in [1.54, 1.807) is 0 Å². The van der Waals surface area contributed by atoms with Crippen LogP contribution in [0.2, 0.25) is 0 Å². The minimum Gasteiger partial charge on any atom is -0.494 e. The van der Waals surface area contributed by atoms with Gasteiger partial charge in [0.1, 0.15) is 11.9 Å². The van der Waals surface area contributed by atoms with E-state index in [4.69, 9.17) is 4.74 Å². The molecule has 1 N–H and O–H groups in total. The molecule has 118 valence electrons. The van der Waals surface area contributed by atoms with Crippen molar-refractivity contribution in [2.45, 2.75) is 46.6 Å². The lowest BCUT2D eigenvalue weighted by molar-refractivity contribution is 0.219. The third-order valence-corrected chi connectivity index (χ3v) is 4.21. The van der Waals surface area contributed by atoms with E-state index in [0.717, 1.165) is 40.8 Å². The van der Waals surface area contributed by atoms with Crippen LogP contribution in [0.1, 0.15) is 54.2 Å². The predicted molar refractivity (Wildman–Crippen MR) is 91.6 cm³/mol. The van der Waals surface area contributed by atoms with Gasteiger partial charge in [-0.05, 0) is 61.1 Å². The summed E-state index contributed by atoms with van der Waals surface area (Å²) in [6.07, 6.45) is 1.63. The van der Waals surface area contributed by atoms with Crippen molar-refractivity contribution in [2.24, 2.45) is 0 Å². The third-order valence-electron chi connectivity index (χ3n) is 4.21. The van der Waals surface area contributed by atoms with E-state index in [9.17, 15) is 5.11 Å². The molecule has 0 saturated heterocycles. The fraction of sp³-hybridized carbons (Fsp3) is 0.400. The van der Waals surface area contributed by atoms with E-state index in [1.807, 2.05) is 45.0 Å². The second kappa shape index (κ2) is 7.46. The smallest absolute Gasteiger partial charge is 0.122 e. The highest BCUT2D eigenvalue weighted by molar-refractivity contribution is 5.46. The first kappa shape index (κ1) is 16.6. The molecule has 2 aromatic rings. The molecule has 0 aromatic heterocycles. The van der Waals surface area contributed by atoms with Gasteiger partial charge < -0.3 is 9.84 Å². The van der Waals surface area contributed by atoms with Gasteiger partial charge in [-0.3, -0.25) is 0 Å². The highest BCUT2D eigenvalue weighted by Crippen LogP contribution is 2.31. The zero-order valence-corrected chi connectivity index (χ0v) is 14.0. The number of hydrogen-bond acceptors (Lipinski definition) is 2. The topological polar surface area (TPSA) is 29.5 Å². The Morgan fingerprint density at radius 3 is 2.23 bits per heavy atom. The number of hydrogen-bond donors (Lipinski definition) is 1. The zero-order chi connectivity index (χ0) is 16.1. The molecule has 1 unspecified atom stereocenters. The predicted octanol–water partition coefficient (Wildman–Crippen LogP) is 4.74. The molecule has 0 amide bonds. The first-order chi connectivity index (χ1) is 10.6. The van der Waals surface area contributed by atoms with Gasteiger partial charge >= 0.3 is 0 Å². The first-order valence-corrected chi connectivity index (χ1v) is 8.08. The van der Waals surface area contributed by atoms with Crippen molar-refractivity contribution >= 4 is 0 Å². The van der Waals surface area contributed by atoms with E-state index >= 15 is 0 Å². The minimum absolute atomic E-state index is 0.593. The number of rotatable bonds is 6. The van der Waals surface area contributed by atoms with Crippen LogP contribution in [-0.4, -0.2) is 11.7 Å². The van der Waals surface area contributed by atoms with Gasteiger partial charge in [0.05, 0.1) is 6.61 Å². The Hall–Kier alpha value is -1.80. The average molecular weight is 298 g/mol. The molecule has 0 aliphatic rings. The molecular weight excluding hydrogens is 272 g/mol. The fourth-order valence-electron chi connectivity index (χ4n) is 2.76. The van der Waals surface area contributed by atoms with E-state index < -0.39 is 6.10 Å². The summed E-state index contributed by atoms with van der Waals surface area (Å²) in [6, 6.07) is 12.2. The summed E-state index contributed by atoms with van der Waals surface area (Å²) in [7, 11) is 0. The van der Waals surface area contributed by atoms with Gasteiger partial charge in [0.15, 0.2) is 0 Å². The minimum atomic E-state index is -0.593. The number of benzene rings is 2. The van der Waals surface area contributed by atoms with Crippen LogP contribution in [-0.2, 0) is 6.42 Å². The van der Waals surface area contributed by atoms with Gasteiger partial charge in [0, 0.05) is 0 Å². The Morgan fingerprint density at radius 2 is 1.64 bits per heavy atom. The van der Waals surface area contributed by atoms with Crippen molar-refractivity contribution in [2.75, 3.05) is 6.61 Å². The van der Waals surface area contributed by atoms with Crippen LogP contribution >= 0.6 is 0 Å². The molecule has 0 spiro atoms. The standard InChI is InChI=1S/C20H26O2/c1-5-7-16-8-10-17(11-9-16)20(21)18-12-13-19(22-6-2)15(4)14(18)3/h8-13,20-21H,5-7H2,1-4H3. The highest BCUT2D eigenvalue weighted by Gasteiger charge is 2.16. The fourth-order valence-corrected chi connectivity index (χ4v) is 2.76. The van der Waals surface area contributed by atoms with E-state index in [-0.39, 0.29) is 0 Å². The van der Waals surface area contributed by atoms with Crippen LogP contribution < -0.4 is 4.74 Å². The van der Waals surface area contributed by atoms with Crippen LogP contribution in [0.5, 0.6) is 5.75 Å². The summed E-state index contributed by atoms with van der Waals surface area (Å²) < 4.78 is 5.62. The van der Waals surface area contributed by atoms with Crippen LogP contribution in [0, 0.1) is 13.8 Å². The van der Waals surface area contributed by atoms with Gasteiger partial charge in [-0.1, -0.05) is 43.7 Å². The molecule has 0 saturated carbocycles. The van der Waals surface area contributed by atoms with E-state index in [2.05, 4.69) is 19.1 Å². The van der Waals surface area contributed by atoms with Crippen LogP contribution in [0.25, 0.3) is 0 Å². The molecular formula is C20H26O2. The molecule has 22 heavy (non-hydrogen) atoms. The van der Waals surface area contributed by atoms with Gasteiger partial charge in [0.2, 0.25) is 0 Å². The Balaban J connectivity index is 2.28. The molecule has 0 radical (unpaired) electrons. The molecule has 2 aromatic carbocycles. The van der Waals surface area contributed by atoms with Crippen molar-refractivity contribution < 1.29 is 9.84 Å². The SMILES string of the molecule is CCCc1ccc(C(O)c2ccc(OCC)c(C)c2C)cc1. The summed E-state index contributed by atoms with van der Waals surface area (Å²) >= 11 is 0. The first-order valence-electron chi connectivity index (χ1n) is 8.08. The molecule has 1 atom stereocenters. The Bertz CT molecular complexity index is 614. The van der Waals surface area contributed by atoms with E-state index in [1.165, 1.54) is 5.56 Å². The van der Waals surface area contributed by atoms with Crippen LogP contribution in [0.4, 0.5) is 0 Å². The molecule has 0 aliphatic carbocycles. The Kier molecular flexibility index (Phi) is 5.62. The lowest BCUT2D eigenvalue weighted by atomic mass is 9.93. The summed E-state index contributed by atoms with van der Waals surface area (Å²) in [5.74, 6) is 0.897. The monoisotopic (exact) mass is 298 g/mol. The van der Waals surface area contributed by atoms with Crippen molar-refractivity contribution in [1.29, 1.82) is 0 Å². The lowest BCUT2D eigenvalue weighted by Gasteiger charge is -2.18. The molecule has 0 bridgehead atoms. The van der Waals surface area contributed by atoms with Gasteiger partial charge in [-0.2, -0.15) is 0 Å². The number of ether oxygens (including phenoxy) is 1. The van der Waals surface area contributed by atoms with E-state index in [0.29, 0.717) is 6.61 Å². The Labute approximate surface area is 133 Å². The maximum atomic E-state index is 10.7. The maximum absolute atomic E-state index is 10.7. The molecule has 2 rings (SSSR count). The Morgan fingerprint density at radius 1 is 0.955 bits per heavy atom. The maximum Gasteiger partial charge on any atom is 0.122 e.